The van der Waals surface area contributed by atoms with Gasteiger partial charge in [-0.1, -0.05) is 17.7 Å². The number of hydrogen-bond donors (Lipinski definition) is 2. The third kappa shape index (κ3) is 5.92. The quantitative estimate of drug-likeness (QED) is 0.700. The highest BCUT2D eigenvalue weighted by Crippen LogP contribution is 2.11. The van der Waals surface area contributed by atoms with E-state index in [1.165, 1.54) is 5.56 Å². The molecule has 0 spiro atoms. The van der Waals surface area contributed by atoms with E-state index in [0.717, 1.165) is 18.6 Å². The first kappa shape index (κ1) is 13.5. The molecule has 0 radical (unpaired) electrons. The van der Waals surface area contributed by atoms with Crippen LogP contribution in [0.4, 0.5) is 0 Å². The van der Waals surface area contributed by atoms with E-state index in [2.05, 4.69) is 5.32 Å². The molecule has 94 valence electrons. The molecular formula is C13H20N2O2. The van der Waals surface area contributed by atoms with Gasteiger partial charge in [-0.25, -0.2) is 0 Å². The predicted molar refractivity (Wildman–Crippen MR) is 68.0 cm³/mol. The van der Waals surface area contributed by atoms with Crippen LogP contribution in [0.1, 0.15) is 18.4 Å². The van der Waals surface area contributed by atoms with Crippen molar-refractivity contribution in [1.82, 2.24) is 5.32 Å². The number of unbranched alkanes of at least 4 members (excludes halogenated alkanes) is 1. The van der Waals surface area contributed by atoms with Crippen molar-refractivity contribution < 1.29 is 9.53 Å². The molecule has 0 bridgehead atoms. The summed E-state index contributed by atoms with van der Waals surface area (Å²) < 4.78 is 5.56. The van der Waals surface area contributed by atoms with Crippen LogP contribution >= 0.6 is 0 Å². The summed E-state index contributed by atoms with van der Waals surface area (Å²) in [5.74, 6) is 0.783. The van der Waals surface area contributed by atoms with E-state index in [1.54, 1.807) is 0 Å². The average molecular weight is 236 g/mol. The normalized spacial score (nSPS) is 10.0. The topological polar surface area (TPSA) is 64.3 Å². The summed E-state index contributed by atoms with van der Waals surface area (Å²) >= 11 is 0. The van der Waals surface area contributed by atoms with Crippen molar-refractivity contribution in [1.29, 1.82) is 0 Å². The summed E-state index contributed by atoms with van der Waals surface area (Å²) in [4.78, 5) is 10.8. The Hall–Kier alpha value is -1.55. The first-order chi connectivity index (χ1) is 8.22. The Kier molecular flexibility index (Phi) is 6.10. The number of benzene rings is 1. The van der Waals surface area contributed by atoms with Crippen molar-refractivity contribution in [2.24, 2.45) is 5.73 Å². The molecule has 3 N–H and O–H groups in total. The molecule has 0 heterocycles. The first-order valence-corrected chi connectivity index (χ1v) is 5.88. The molecule has 0 fully saturated rings. The van der Waals surface area contributed by atoms with Crippen LogP contribution in [0.3, 0.4) is 0 Å². The van der Waals surface area contributed by atoms with Crippen LogP contribution in [0.15, 0.2) is 24.3 Å². The van der Waals surface area contributed by atoms with Crippen molar-refractivity contribution >= 4 is 5.91 Å². The number of nitrogens with two attached hydrogens (primary N) is 1. The Morgan fingerprint density at radius 3 is 2.65 bits per heavy atom. The van der Waals surface area contributed by atoms with Crippen molar-refractivity contribution in [3.8, 4) is 5.75 Å². The lowest BCUT2D eigenvalue weighted by molar-refractivity contribution is -0.119. The summed E-state index contributed by atoms with van der Waals surface area (Å²) in [6, 6.07) is 7.98. The second-order valence-corrected chi connectivity index (χ2v) is 3.92. The monoisotopic (exact) mass is 236 g/mol. The predicted octanol–water partition coefficient (Wildman–Crippen LogP) is 1.23. The number of nitrogens with one attached hydrogen (secondary N) is 1. The van der Waals surface area contributed by atoms with Gasteiger partial charge in [-0.05, 0) is 31.9 Å². The fourth-order valence-corrected chi connectivity index (χ4v) is 1.35. The third-order valence-corrected chi connectivity index (χ3v) is 2.37. The highest BCUT2D eigenvalue weighted by atomic mass is 16.5. The van der Waals surface area contributed by atoms with Crippen molar-refractivity contribution in [3.63, 3.8) is 0 Å². The molecule has 0 aliphatic heterocycles. The third-order valence-electron chi connectivity index (χ3n) is 2.37. The Bertz CT molecular complexity index is 336. The van der Waals surface area contributed by atoms with Gasteiger partial charge in [0.25, 0.3) is 0 Å². The molecular weight excluding hydrogens is 216 g/mol. The minimum Gasteiger partial charge on any atom is -0.494 e. The molecule has 4 nitrogen and oxygen atoms in total. The number of carbonyl (C=O) groups is 1. The van der Waals surface area contributed by atoms with Crippen molar-refractivity contribution in [2.75, 3.05) is 19.7 Å². The van der Waals surface area contributed by atoms with Gasteiger partial charge in [-0.15, -0.1) is 0 Å². The van der Waals surface area contributed by atoms with Crippen LogP contribution in [-0.2, 0) is 4.79 Å². The Labute approximate surface area is 102 Å². The molecule has 0 unspecified atom stereocenters. The number of rotatable bonds is 7. The number of hydrogen-bond acceptors (Lipinski definition) is 3. The molecule has 0 aromatic heterocycles. The standard InChI is InChI=1S/C13H20N2O2/c1-11-4-6-12(7-5-11)17-9-3-2-8-15-13(16)10-14/h4-7H,2-3,8-10,14H2,1H3,(H,15,16). The van der Waals surface area contributed by atoms with Crippen molar-refractivity contribution in [3.05, 3.63) is 29.8 Å². The highest BCUT2D eigenvalue weighted by molar-refractivity contribution is 5.77. The number of amides is 1. The molecule has 17 heavy (non-hydrogen) atoms. The molecule has 1 aromatic carbocycles. The van der Waals surface area contributed by atoms with E-state index >= 15 is 0 Å². The smallest absolute Gasteiger partial charge is 0.233 e. The Morgan fingerprint density at radius 1 is 1.29 bits per heavy atom. The molecule has 1 aromatic rings. The zero-order chi connectivity index (χ0) is 12.5. The maximum absolute atomic E-state index is 10.8. The van der Waals surface area contributed by atoms with Gasteiger partial charge in [0.2, 0.25) is 5.91 Å². The van der Waals surface area contributed by atoms with Gasteiger partial charge in [0.1, 0.15) is 5.75 Å². The van der Waals surface area contributed by atoms with E-state index < -0.39 is 0 Å². The van der Waals surface area contributed by atoms with Gasteiger partial charge in [0.05, 0.1) is 13.2 Å². The molecule has 0 saturated carbocycles. The largest absolute Gasteiger partial charge is 0.494 e. The lowest BCUT2D eigenvalue weighted by atomic mass is 10.2. The van der Waals surface area contributed by atoms with Gasteiger partial charge in [0, 0.05) is 6.54 Å². The molecule has 1 amide bonds. The molecule has 0 aliphatic carbocycles. The maximum atomic E-state index is 10.8. The van der Waals surface area contributed by atoms with Crippen LogP contribution < -0.4 is 15.8 Å². The molecule has 1 rings (SSSR count). The van der Waals surface area contributed by atoms with Crippen LogP contribution in [-0.4, -0.2) is 25.6 Å². The lowest BCUT2D eigenvalue weighted by Crippen LogP contribution is -2.31. The van der Waals surface area contributed by atoms with Crippen molar-refractivity contribution in [2.45, 2.75) is 19.8 Å². The summed E-state index contributed by atoms with van der Waals surface area (Å²) in [5, 5.41) is 2.72. The van der Waals surface area contributed by atoms with E-state index in [1.807, 2.05) is 31.2 Å². The Balaban J connectivity index is 2.04. The zero-order valence-electron chi connectivity index (χ0n) is 10.2. The van der Waals surface area contributed by atoms with Gasteiger partial charge >= 0.3 is 0 Å². The van der Waals surface area contributed by atoms with Gasteiger partial charge < -0.3 is 15.8 Å². The molecule has 4 heteroatoms. The average Bonchev–Trinajstić information content (AvgIpc) is 2.35. The number of carbonyl (C=O) groups excluding carboxylic acids is 1. The zero-order valence-corrected chi connectivity index (χ0v) is 10.2. The fourth-order valence-electron chi connectivity index (χ4n) is 1.35. The van der Waals surface area contributed by atoms with Crippen LogP contribution in [0.25, 0.3) is 0 Å². The summed E-state index contributed by atoms with van der Waals surface area (Å²) in [6.07, 6.45) is 1.82. The fraction of sp³-hybridized carbons (Fsp3) is 0.462. The number of aryl methyl sites for hydroxylation is 1. The highest BCUT2D eigenvalue weighted by Gasteiger charge is 1.96. The summed E-state index contributed by atoms with van der Waals surface area (Å²) in [7, 11) is 0. The van der Waals surface area contributed by atoms with E-state index in [-0.39, 0.29) is 12.5 Å². The number of ether oxygens (including phenoxy) is 1. The summed E-state index contributed by atoms with van der Waals surface area (Å²) in [5.41, 5.74) is 6.39. The Morgan fingerprint density at radius 2 is 2.00 bits per heavy atom. The SMILES string of the molecule is Cc1ccc(OCCCCNC(=O)CN)cc1. The van der Waals surface area contributed by atoms with E-state index in [4.69, 9.17) is 10.5 Å². The van der Waals surface area contributed by atoms with E-state index in [9.17, 15) is 4.79 Å². The van der Waals surface area contributed by atoms with Gasteiger partial charge in [0.15, 0.2) is 0 Å². The van der Waals surface area contributed by atoms with Gasteiger partial charge in [-0.2, -0.15) is 0 Å². The molecule has 0 saturated heterocycles. The second-order valence-electron chi connectivity index (χ2n) is 3.92. The minimum atomic E-state index is -0.107. The van der Waals surface area contributed by atoms with Crippen LogP contribution in [0, 0.1) is 6.92 Å². The molecule has 0 aliphatic rings. The van der Waals surface area contributed by atoms with Gasteiger partial charge in [-0.3, -0.25) is 4.79 Å². The maximum Gasteiger partial charge on any atom is 0.233 e. The lowest BCUT2D eigenvalue weighted by Gasteiger charge is -2.06. The second kappa shape index (κ2) is 7.68. The van der Waals surface area contributed by atoms with Crippen LogP contribution in [0.2, 0.25) is 0 Å². The first-order valence-electron chi connectivity index (χ1n) is 5.88. The minimum absolute atomic E-state index is 0.0554. The van der Waals surface area contributed by atoms with E-state index in [0.29, 0.717) is 13.2 Å². The van der Waals surface area contributed by atoms with Crippen LogP contribution in [0.5, 0.6) is 5.75 Å². The molecule has 0 atom stereocenters. The summed E-state index contributed by atoms with van der Waals surface area (Å²) in [6.45, 7) is 3.43.